The molecule has 5 heteroatoms. The maximum Gasteiger partial charge on any atom is 0.0977 e. The molecule has 2 atom stereocenters. The predicted molar refractivity (Wildman–Crippen MR) is 118 cm³/mol. The Morgan fingerprint density at radius 3 is 1.71 bits per heavy atom. The summed E-state index contributed by atoms with van der Waals surface area (Å²) in [5.74, 6) is 0. The van der Waals surface area contributed by atoms with Gasteiger partial charge in [-0.1, -0.05) is 84.0 Å². The molecule has 1 rings (SSSR count). The lowest BCUT2D eigenvalue weighted by molar-refractivity contribution is -0.928. The van der Waals surface area contributed by atoms with Crippen LogP contribution in [0.25, 0.3) is 0 Å². The van der Waals surface area contributed by atoms with E-state index in [9.17, 15) is 13.0 Å². The molecule has 1 heterocycles. The zero-order valence-corrected chi connectivity index (χ0v) is 19.5. The van der Waals surface area contributed by atoms with E-state index in [0.29, 0.717) is 12.8 Å². The predicted octanol–water partition coefficient (Wildman–Crippen LogP) is 4.84. The summed E-state index contributed by atoms with van der Waals surface area (Å²) in [4.78, 5) is 1.49. The Morgan fingerprint density at radius 2 is 1.25 bits per heavy atom. The number of unbranched alkanes of at least 4 members (excludes halogenated alkanes) is 11. The molecule has 1 N–H and O–H groups in total. The third-order valence-corrected chi connectivity index (χ3v) is 7.84. The second-order valence-electron chi connectivity index (χ2n) is 9.15. The Kier molecular flexibility index (Phi) is 14.5. The van der Waals surface area contributed by atoms with Gasteiger partial charge >= 0.3 is 0 Å². The molecule has 0 aliphatic carbocycles. The van der Waals surface area contributed by atoms with Gasteiger partial charge in [-0.05, 0) is 32.6 Å². The van der Waals surface area contributed by atoms with Gasteiger partial charge in [-0.2, -0.15) is 0 Å². The van der Waals surface area contributed by atoms with Gasteiger partial charge in [0.25, 0.3) is 0 Å². The summed E-state index contributed by atoms with van der Waals surface area (Å²) in [6.07, 6.45) is 20.0. The third kappa shape index (κ3) is 12.4. The minimum atomic E-state index is -4.18. The highest BCUT2D eigenvalue weighted by atomic mass is 32.2. The average molecular weight is 418 g/mol. The Bertz CT molecular complexity index is 460. The van der Waals surface area contributed by atoms with E-state index < -0.39 is 15.4 Å². The molecule has 168 valence electrons. The fourth-order valence-corrected chi connectivity index (χ4v) is 5.63. The van der Waals surface area contributed by atoms with E-state index in [1.807, 2.05) is 0 Å². The molecule has 4 nitrogen and oxygen atoms in total. The lowest BCUT2D eigenvalue weighted by Gasteiger charge is -2.32. The van der Waals surface area contributed by atoms with Crippen LogP contribution in [0.5, 0.6) is 0 Å². The topological polar surface area (TPSA) is 61.6 Å². The van der Waals surface area contributed by atoms with Gasteiger partial charge in [0.15, 0.2) is 0 Å². The van der Waals surface area contributed by atoms with Gasteiger partial charge in [0.2, 0.25) is 0 Å². The first-order chi connectivity index (χ1) is 13.4. The summed E-state index contributed by atoms with van der Waals surface area (Å²) >= 11 is 0. The molecular weight excluding hydrogens is 370 g/mol. The SMILES string of the molecule is CCCCCCCCCCCCCCC(CC(C)[NH+]1CCCCC1)S(=O)(=O)[O-]. The smallest absolute Gasteiger partial charge is 0.0977 e. The number of nitrogens with one attached hydrogen (secondary N) is 1. The fourth-order valence-electron chi connectivity index (χ4n) is 4.65. The monoisotopic (exact) mass is 417 g/mol. The van der Waals surface area contributed by atoms with Crippen molar-refractivity contribution in [1.29, 1.82) is 0 Å². The number of quaternary nitrogens is 1. The standard InChI is InChI=1S/C23H47NO3S/c1-3-4-5-6-7-8-9-10-11-12-13-15-18-23(28(25,26)27)21-22(2)24-19-16-14-17-20-24/h22-23H,3-21H2,1-2H3,(H,25,26,27). The lowest BCUT2D eigenvalue weighted by atomic mass is 10.0. The van der Waals surface area contributed by atoms with Crippen LogP contribution in [0.1, 0.15) is 123 Å². The van der Waals surface area contributed by atoms with Gasteiger partial charge < -0.3 is 9.45 Å². The summed E-state index contributed by atoms with van der Waals surface area (Å²) in [5, 5.41) is -0.681. The summed E-state index contributed by atoms with van der Waals surface area (Å²) in [6, 6.07) is 0.284. The molecule has 1 fully saturated rings. The minimum absolute atomic E-state index is 0.284. The molecule has 2 unspecified atom stereocenters. The highest BCUT2D eigenvalue weighted by molar-refractivity contribution is 7.86. The van der Waals surface area contributed by atoms with Crippen LogP contribution in [0.15, 0.2) is 0 Å². The van der Waals surface area contributed by atoms with E-state index in [2.05, 4.69) is 13.8 Å². The molecule has 1 aliphatic rings. The molecular formula is C23H47NO3S. The Labute approximate surface area is 175 Å². The molecule has 0 radical (unpaired) electrons. The van der Waals surface area contributed by atoms with Gasteiger partial charge in [-0.15, -0.1) is 0 Å². The molecule has 0 amide bonds. The van der Waals surface area contributed by atoms with E-state index in [1.165, 1.54) is 88.4 Å². The van der Waals surface area contributed by atoms with Crippen LogP contribution in [-0.2, 0) is 10.1 Å². The van der Waals surface area contributed by atoms with Crippen molar-refractivity contribution >= 4 is 10.1 Å². The van der Waals surface area contributed by atoms with Gasteiger partial charge in [0, 0.05) is 6.42 Å². The summed E-state index contributed by atoms with van der Waals surface area (Å²) in [6.45, 7) is 6.64. The van der Waals surface area contributed by atoms with Gasteiger partial charge in [-0.25, -0.2) is 8.42 Å². The molecule has 0 aromatic heterocycles. The van der Waals surface area contributed by atoms with Gasteiger partial charge in [0.1, 0.15) is 0 Å². The maximum absolute atomic E-state index is 11.7. The summed E-state index contributed by atoms with van der Waals surface area (Å²) < 4.78 is 35.2. The lowest BCUT2D eigenvalue weighted by Crippen LogP contribution is -3.16. The maximum atomic E-state index is 11.7. The van der Waals surface area contributed by atoms with Crippen LogP contribution < -0.4 is 4.90 Å². The van der Waals surface area contributed by atoms with E-state index in [4.69, 9.17) is 0 Å². The zero-order chi connectivity index (χ0) is 20.7. The first-order valence-electron chi connectivity index (χ1n) is 12.2. The first kappa shape index (κ1) is 25.9. The molecule has 1 aliphatic heterocycles. The largest absolute Gasteiger partial charge is 0.748 e. The first-order valence-corrected chi connectivity index (χ1v) is 13.7. The van der Waals surface area contributed by atoms with Crippen LogP contribution >= 0.6 is 0 Å². The molecule has 1 saturated heterocycles. The van der Waals surface area contributed by atoms with Crippen molar-refractivity contribution in [2.75, 3.05) is 13.1 Å². The zero-order valence-electron chi connectivity index (χ0n) is 18.7. The molecule has 0 bridgehead atoms. The van der Waals surface area contributed by atoms with Crippen molar-refractivity contribution in [2.45, 2.75) is 134 Å². The van der Waals surface area contributed by atoms with Crippen LogP contribution in [-0.4, -0.2) is 37.4 Å². The Morgan fingerprint density at radius 1 is 0.786 bits per heavy atom. The Balaban J connectivity index is 2.10. The normalized spacial score (nSPS) is 18.2. The highest BCUT2D eigenvalue weighted by Gasteiger charge is 2.26. The number of rotatable bonds is 17. The van der Waals surface area contributed by atoms with Crippen molar-refractivity contribution in [3.8, 4) is 0 Å². The van der Waals surface area contributed by atoms with E-state index in [1.54, 1.807) is 0 Å². The number of piperidine rings is 1. The minimum Gasteiger partial charge on any atom is -0.748 e. The third-order valence-electron chi connectivity index (χ3n) is 6.60. The van der Waals surface area contributed by atoms with E-state index in [-0.39, 0.29) is 6.04 Å². The summed E-state index contributed by atoms with van der Waals surface area (Å²) in [7, 11) is -4.18. The molecule has 0 aromatic rings. The van der Waals surface area contributed by atoms with Crippen molar-refractivity contribution in [1.82, 2.24) is 0 Å². The van der Waals surface area contributed by atoms with Crippen LogP contribution in [0.4, 0.5) is 0 Å². The van der Waals surface area contributed by atoms with E-state index in [0.717, 1.165) is 25.9 Å². The fraction of sp³-hybridized carbons (Fsp3) is 1.00. The molecule has 0 spiro atoms. The number of hydrogen-bond donors (Lipinski definition) is 1. The van der Waals surface area contributed by atoms with Gasteiger partial charge in [-0.3, -0.25) is 0 Å². The number of likely N-dealkylation sites (tertiary alicyclic amines) is 1. The van der Waals surface area contributed by atoms with Crippen LogP contribution in [0.2, 0.25) is 0 Å². The van der Waals surface area contributed by atoms with Crippen molar-refractivity contribution < 1.29 is 17.9 Å². The van der Waals surface area contributed by atoms with Gasteiger partial charge in [0.05, 0.1) is 34.5 Å². The van der Waals surface area contributed by atoms with Crippen LogP contribution in [0, 0.1) is 0 Å². The van der Waals surface area contributed by atoms with Crippen molar-refractivity contribution in [3.05, 3.63) is 0 Å². The average Bonchev–Trinajstić information content (AvgIpc) is 2.67. The van der Waals surface area contributed by atoms with Crippen molar-refractivity contribution in [3.63, 3.8) is 0 Å². The second kappa shape index (κ2) is 15.7. The molecule has 0 saturated carbocycles. The Hall–Kier alpha value is -0.130. The van der Waals surface area contributed by atoms with E-state index >= 15 is 0 Å². The second-order valence-corrected chi connectivity index (χ2v) is 10.8. The molecule has 0 aromatic carbocycles. The quantitative estimate of drug-likeness (QED) is 0.272. The van der Waals surface area contributed by atoms with Crippen LogP contribution in [0.3, 0.4) is 0 Å². The summed E-state index contributed by atoms with van der Waals surface area (Å²) in [5.41, 5.74) is 0. The van der Waals surface area contributed by atoms with Crippen molar-refractivity contribution in [2.24, 2.45) is 0 Å². The number of hydrogen-bond acceptors (Lipinski definition) is 3. The molecule has 28 heavy (non-hydrogen) atoms. The highest BCUT2D eigenvalue weighted by Crippen LogP contribution is 2.17.